The van der Waals surface area contributed by atoms with E-state index in [9.17, 15) is 4.79 Å². The van der Waals surface area contributed by atoms with E-state index in [0.717, 1.165) is 17.0 Å². The van der Waals surface area contributed by atoms with Gasteiger partial charge in [-0.2, -0.15) is 5.21 Å². The second-order valence-corrected chi connectivity index (χ2v) is 5.21. The lowest BCUT2D eigenvalue weighted by molar-refractivity contribution is -0.124. The highest BCUT2D eigenvalue weighted by atomic mass is 16.2. The molecule has 0 bridgehead atoms. The van der Waals surface area contributed by atoms with E-state index in [1.165, 1.54) is 0 Å². The Hall–Kier alpha value is -3.03. The number of aromatic amines is 1. The lowest BCUT2D eigenvalue weighted by Crippen LogP contribution is -2.30. The number of nitrogens with zero attached hydrogens (tertiary/aromatic N) is 5. The average Bonchev–Trinajstić information content (AvgIpc) is 3.23. The maximum absolute atomic E-state index is 12.3. The molecule has 2 N–H and O–H groups in total. The van der Waals surface area contributed by atoms with Crippen LogP contribution in [0.5, 0.6) is 0 Å². The zero-order chi connectivity index (χ0) is 16.2. The summed E-state index contributed by atoms with van der Waals surface area (Å²) in [7, 11) is 0. The fourth-order valence-corrected chi connectivity index (χ4v) is 2.36. The maximum Gasteiger partial charge on any atom is 0.243 e. The Kier molecular flexibility index (Phi) is 4.13. The molecule has 118 valence electrons. The number of rotatable bonds is 5. The minimum Gasteiger partial charge on any atom is -0.350 e. The van der Waals surface area contributed by atoms with Crippen LogP contribution in [0.15, 0.2) is 36.7 Å². The highest BCUT2D eigenvalue weighted by Gasteiger charge is 2.15. The first kappa shape index (κ1) is 14.9. The predicted octanol–water partition coefficient (Wildman–Crippen LogP) is 1.25. The number of hydrogen-bond acceptors (Lipinski definition) is 5. The summed E-state index contributed by atoms with van der Waals surface area (Å²) in [4.78, 5) is 16.4. The molecule has 0 spiro atoms. The first-order valence-electron chi connectivity index (χ1n) is 7.25. The van der Waals surface area contributed by atoms with Crippen molar-refractivity contribution in [2.45, 2.75) is 26.4 Å². The van der Waals surface area contributed by atoms with Gasteiger partial charge in [0.1, 0.15) is 11.9 Å². The second kappa shape index (κ2) is 6.39. The molecule has 0 unspecified atom stereocenters. The molecule has 2 heterocycles. The van der Waals surface area contributed by atoms with E-state index >= 15 is 0 Å². The fourth-order valence-electron chi connectivity index (χ4n) is 2.36. The SMILES string of the molecule is Cc1nccn1[C@H](C)C(=O)NCc1cccc(-c2nn[nH]n2)c1. The van der Waals surface area contributed by atoms with Gasteiger partial charge in [0.25, 0.3) is 0 Å². The predicted molar refractivity (Wildman–Crippen MR) is 83.1 cm³/mol. The Morgan fingerprint density at radius 3 is 3.00 bits per heavy atom. The summed E-state index contributed by atoms with van der Waals surface area (Å²) in [6.07, 6.45) is 3.49. The van der Waals surface area contributed by atoms with E-state index in [1.807, 2.05) is 42.7 Å². The number of benzene rings is 1. The molecular weight excluding hydrogens is 294 g/mol. The smallest absolute Gasteiger partial charge is 0.243 e. The van der Waals surface area contributed by atoms with E-state index in [2.05, 4.69) is 30.9 Å². The maximum atomic E-state index is 12.3. The number of carbonyl (C=O) groups excluding carboxylic acids is 1. The Morgan fingerprint density at radius 2 is 2.30 bits per heavy atom. The van der Waals surface area contributed by atoms with Crippen molar-refractivity contribution in [2.24, 2.45) is 0 Å². The number of nitrogens with one attached hydrogen (secondary N) is 2. The number of H-pyrrole nitrogens is 1. The minimum atomic E-state index is -0.308. The van der Waals surface area contributed by atoms with Gasteiger partial charge in [-0.15, -0.1) is 10.2 Å². The average molecular weight is 311 g/mol. The van der Waals surface area contributed by atoms with Gasteiger partial charge in [-0.25, -0.2) is 4.98 Å². The molecule has 23 heavy (non-hydrogen) atoms. The van der Waals surface area contributed by atoms with Crippen molar-refractivity contribution in [1.82, 2.24) is 35.5 Å². The quantitative estimate of drug-likeness (QED) is 0.738. The van der Waals surface area contributed by atoms with Crippen LogP contribution >= 0.6 is 0 Å². The van der Waals surface area contributed by atoms with Gasteiger partial charge in [0, 0.05) is 24.5 Å². The monoisotopic (exact) mass is 311 g/mol. The lowest BCUT2D eigenvalue weighted by Gasteiger charge is -2.15. The molecule has 0 aliphatic heterocycles. The molecule has 1 amide bonds. The van der Waals surface area contributed by atoms with Crippen LogP contribution in [-0.4, -0.2) is 36.1 Å². The van der Waals surface area contributed by atoms with Gasteiger partial charge in [-0.3, -0.25) is 4.79 Å². The highest BCUT2D eigenvalue weighted by Crippen LogP contribution is 2.15. The Morgan fingerprint density at radius 1 is 1.43 bits per heavy atom. The van der Waals surface area contributed by atoms with Crippen LogP contribution in [0.1, 0.15) is 24.4 Å². The number of hydrogen-bond donors (Lipinski definition) is 2. The molecule has 0 fully saturated rings. The summed E-state index contributed by atoms with van der Waals surface area (Å²) in [6.45, 7) is 4.15. The highest BCUT2D eigenvalue weighted by molar-refractivity contribution is 5.80. The number of carbonyl (C=O) groups is 1. The molecule has 0 saturated carbocycles. The number of imidazole rings is 1. The van der Waals surface area contributed by atoms with E-state index in [-0.39, 0.29) is 11.9 Å². The first-order valence-corrected chi connectivity index (χ1v) is 7.25. The molecule has 1 aromatic carbocycles. The summed E-state index contributed by atoms with van der Waals surface area (Å²) in [6, 6.07) is 7.36. The summed E-state index contributed by atoms with van der Waals surface area (Å²) in [5.41, 5.74) is 1.82. The number of tetrazole rings is 1. The molecule has 3 aromatic rings. The van der Waals surface area contributed by atoms with Crippen LogP contribution in [0.4, 0.5) is 0 Å². The van der Waals surface area contributed by atoms with Gasteiger partial charge in [0.2, 0.25) is 11.7 Å². The molecular formula is C15H17N7O. The van der Waals surface area contributed by atoms with Crippen LogP contribution in [0.2, 0.25) is 0 Å². The largest absolute Gasteiger partial charge is 0.350 e. The van der Waals surface area contributed by atoms with Crippen molar-refractivity contribution in [2.75, 3.05) is 0 Å². The summed E-state index contributed by atoms with van der Waals surface area (Å²) >= 11 is 0. The van der Waals surface area contributed by atoms with E-state index in [4.69, 9.17) is 0 Å². The zero-order valence-electron chi connectivity index (χ0n) is 12.9. The van der Waals surface area contributed by atoms with Crippen LogP contribution in [0.3, 0.4) is 0 Å². The Labute approximate surface area is 132 Å². The molecule has 8 nitrogen and oxygen atoms in total. The van der Waals surface area contributed by atoms with Crippen molar-refractivity contribution in [3.63, 3.8) is 0 Å². The Bertz CT molecular complexity index is 794. The van der Waals surface area contributed by atoms with E-state index in [0.29, 0.717) is 12.4 Å². The topological polar surface area (TPSA) is 101 Å². The van der Waals surface area contributed by atoms with E-state index in [1.54, 1.807) is 12.4 Å². The normalized spacial score (nSPS) is 12.1. The molecule has 8 heteroatoms. The van der Waals surface area contributed by atoms with Crippen molar-refractivity contribution >= 4 is 5.91 Å². The second-order valence-electron chi connectivity index (χ2n) is 5.21. The van der Waals surface area contributed by atoms with E-state index < -0.39 is 0 Å². The standard InChI is InChI=1S/C15H17N7O/c1-10(22-7-6-16-11(22)2)15(23)17-9-12-4-3-5-13(8-12)14-18-20-21-19-14/h3-8,10H,9H2,1-2H3,(H,17,23)(H,18,19,20,21)/t10-/m1/s1. The van der Waals surface area contributed by atoms with Gasteiger partial charge >= 0.3 is 0 Å². The van der Waals surface area contributed by atoms with Gasteiger partial charge < -0.3 is 9.88 Å². The molecule has 0 saturated heterocycles. The van der Waals surface area contributed by atoms with Crippen molar-refractivity contribution in [3.05, 3.63) is 48.0 Å². The Balaban J connectivity index is 1.65. The van der Waals surface area contributed by atoms with Gasteiger partial charge in [-0.05, 0) is 30.7 Å². The third-order valence-electron chi connectivity index (χ3n) is 3.66. The molecule has 0 aliphatic carbocycles. The minimum absolute atomic E-state index is 0.0592. The number of amides is 1. The van der Waals surface area contributed by atoms with Crippen LogP contribution in [0.25, 0.3) is 11.4 Å². The van der Waals surface area contributed by atoms with Gasteiger partial charge in [0.15, 0.2) is 0 Å². The first-order chi connectivity index (χ1) is 11.1. The summed E-state index contributed by atoms with van der Waals surface area (Å²) in [5.74, 6) is 1.28. The van der Waals surface area contributed by atoms with Crippen molar-refractivity contribution in [1.29, 1.82) is 0 Å². The van der Waals surface area contributed by atoms with Crippen molar-refractivity contribution < 1.29 is 4.79 Å². The number of aryl methyl sites for hydroxylation is 1. The third-order valence-corrected chi connectivity index (χ3v) is 3.66. The van der Waals surface area contributed by atoms with Gasteiger partial charge in [-0.1, -0.05) is 18.2 Å². The molecule has 0 radical (unpaired) electrons. The van der Waals surface area contributed by atoms with Crippen molar-refractivity contribution in [3.8, 4) is 11.4 Å². The molecule has 1 atom stereocenters. The molecule has 0 aliphatic rings. The molecule has 3 rings (SSSR count). The third kappa shape index (κ3) is 3.25. The fraction of sp³-hybridized carbons (Fsp3) is 0.267. The summed E-state index contributed by atoms with van der Waals surface area (Å²) < 4.78 is 1.84. The van der Waals surface area contributed by atoms with Crippen LogP contribution in [-0.2, 0) is 11.3 Å². The summed E-state index contributed by atoms with van der Waals surface area (Å²) in [5, 5.41) is 16.8. The van der Waals surface area contributed by atoms with Crippen LogP contribution in [0, 0.1) is 6.92 Å². The number of aromatic nitrogens is 6. The zero-order valence-corrected chi connectivity index (χ0v) is 12.9. The lowest BCUT2D eigenvalue weighted by atomic mass is 10.1. The molecule has 2 aromatic heterocycles. The van der Waals surface area contributed by atoms with Gasteiger partial charge in [0.05, 0.1) is 0 Å². The van der Waals surface area contributed by atoms with Crippen LogP contribution < -0.4 is 5.32 Å².